The molecule has 0 aliphatic rings. The molecular weight excluding hydrogens is 717 g/mol. The van der Waals surface area contributed by atoms with Gasteiger partial charge in [-0.15, -0.1) is 11.3 Å². The first-order valence-corrected chi connectivity index (χ1v) is 20.0. The maximum absolute atomic E-state index is 7.11. The molecule has 0 amide bonds. The molecule has 0 atom stereocenters. The first-order valence-electron chi connectivity index (χ1n) is 19.2. The van der Waals surface area contributed by atoms with Crippen LogP contribution < -0.4 is 9.80 Å². The second-order valence-corrected chi connectivity index (χ2v) is 15.5. The fraction of sp³-hybridized carbons (Fsp3) is 0. The van der Waals surface area contributed by atoms with E-state index in [0.29, 0.717) is 0 Å². The van der Waals surface area contributed by atoms with E-state index in [-0.39, 0.29) is 0 Å². The molecule has 0 aliphatic carbocycles. The van der Waals surface area contributed by atoms with E-state index < -0.39 is 0 Å². The highest BCUT2D eigenvalue weighted by Gasteiger charge is 2.27. The molecule has 57 heavy (non-hydrogen) atoms. The Bertz CT molecular complexity index is 3490. The van der Waals surface area contributed by atoms with Crippen LogP contribution in [-0.4, -0.2) is 0 Å². The van der Waals surface area contributed by atoms with Crippen LogP contribution in [0.4, 0.5) is 34.1 Å². The summed E-state index contributed by atoms with van der Waals surface area (Å²) in [5, 5.41) is 8.94. The van der Waals surface area contributed by atoms with Gasteiger partial charge in [0.25, 0.3) is 0 Å². The largest absolute Gasteiger partial charge is 0.456 e. The fourth-order valence-electron chi connectivity index (χ4n) is 8.78. The van der Waals surface area contributed by atoms with Gasteiger partial charge in [0.15, 0.2) is 0 Å². The van der Waals surface area contributed by atoms with Gasteiger partial charge in [0.1, 0.15) is 22.3 Å². The number of rotatable bonds is 6. The Labute approximate surface area is 331 Å². The summed E-state index contributed by atoms with van der Waals surface area (Å²) >= 11 is 1.83. The van der Waals surface area contributed by atoms with Crippen molar-refractivity contribution in [3.8, 4) is 0 Å². The fourth-order valence-corrected chi connectivity index (χ4v) is 9.90. The standard InChI is InChI=1S/C52H32N2O2S/c1-3-16-34(17-4-1)53(42-24-14-28-48-51(42)39-22-10-12-27-47(39)57-48)36-31-43(50-40-30-29-33-15-7-8-20-37(33)52(40)56-46(50)32-36)54(35-18-5-2-6-19-35)41-23-13-26-45-49(41)38-21-9-11-25-44(38)55-45/h1-32H. The summed E-state index contributed by atoms with van der Waals surface area (Å²) in [5.41, 5.74) is 9.59. The Morgan fingerprint density at radius 3 is 1.77 bits per heavy atom. The van der Waals surface area contributed by atoms with E-state index in [0.717, 1.165) is 88.8 Å². The summed E-state index contributed by atoms with van der Waals surface area (Å²) in [6, 6.07) is 68.9. The van der Waals surface area contributed by atoms with Crippen molar-refractivity contribution in [1.29, 1.82) is 0 Å². The number of anilines is 6. The van der Waals surface area contributed by atoms with Crippen molar-refractivity contribution in [2.75, 3.05) is 9.80 Å². The predicted molar refractivity (Wildman–Crippen MR) is 241 cm³/mol. The number of furan rings is 2. The second kappa shape index (κ2) is 12.6. The molecule has 0 spiro atoms. The Morgan fingerprint density at radius 2 is 0.947 bits per heavy atom. The topological polar surface area (TPSA) is 32.8 Å². The van der Waals surface area contributed by atoms with Crippen molar-refractivity contribution in [3.63, 3.8) is 0 Å². The number of para-hydroxylation sites is 3. The number of hydrogen-bond donors (Lipinski definition) is 0. The molecule has 12 rings (SSSR count). The number of benzene rings is 9. The average molecular weight is 749 g/mol. The van der Waals surface area contributed by atoms with Crippen molar-refractivity contribution in [1.82, 2.24) is 0 Å². The van der Waals surface area contributed by atoms with Crippen LogP contribution in [0, 0.1) is 0 Å². The minimum atomic E-state index is 0.808. The SMILES string of the molecule is c1ccc(N(c2cccc3oc4ccccc4c23)c2cc(N(c3ccccc3)c3cccc4sc5ccccc5c34)cc3oc4c5ccccc5ccc4c23)cc1. The molecule has 0 N–H and O–H groups in total. The molecular formula is C52H32N2O2S. The van der Waals surface area contributed by atoms with Crippen molar-refractivity contribution >= 4 is 120 Å². The van der Waals surface area contributed by atoms with Gasteiger partial charge in [-0.2, -0.15) is 0 Å². The molecule has 0 saturated heterocycles. The van der Waals surface area contributed by atoms with E-state index in [4.69, 9.17) is 8.83 Å². The number of thiophene rings is 1. The van der Waals surface area contributed by atoms with Gasteiger partial charge < -0.3 is 18.6 Å². The molecule has 12 aromatic rings. The summed E-state index contributed by atoms with van der Waals surface area (Å²) in [6.45, 7) is 0. The molecule has 0 aliphatic heterocycles. The first kappa shape index (κ1) is 32.0. The third kappa shape index (κ3) is 4.93. The third-order valence-corrected chi connectivity index (χ3v) is 12.3. The molecule has 4 nitrogen and oxygen atoms in total. The third-order valence-electron chi connectivity index (χ3n) is 11.2. The molecule has 3 heterocycles. The van der Waals surface area contributed by atoms with Gasteiger partial charge in [-0.05, 0) is 78.2 Å². The zero-order valence-electron chi connectivity index (χ0n) is 30.6. The molecule has 9 aromatic carbocycles. The van der Waals surface area contributed by atoms with Gasteiger partial charge in [0.05, 0.1) is 33.5 Å². The summed E-state index contributed by atoms with van der Waals surface area (Å²) in [5.74, 6) is 0. The average Bonchev–Trinajstić information content (AvgIpc) is 3.97. The lowest BCUT2D eigenvalue weighted by Gasteiger charge is -2.30. The van der Waals surface area contributed by atoms with Crippen LogP contribution in [0.15, 0.2) is 203 Å². The van der Waals surface area contributed by atoms with Crippen molar-refractivity contribution < 1.29 is 8.83 Å². The van der Waals surface area contributed by atoms with Crippen LogP contribution in [-0.2, 0) is 0 Å². The van der Waals surface area contributed by atoms with Crippen molar-refractivity contribution in [2.24, 2.45) is 0 Å². The van der Waals surface area contributed by atoms with E-state index in [1.54, 1.807) is 0 Å². The van der Waals surface area contributed by atoms with E-state index >= 15 is 0 Å². The maximum atomic E-state index is 7.11. The van der Waals surface area contributed by atoms with Gasteiger partial charge in [0.2, 0.25) is 0 Å². The first-order chi connectivity index (χ1) is 28.3. The normalized spacial score (nSPS) is 11.9. The summed E-state index contributed by atoms with van der Waals surface area (Å²) in [4.78, 5) is 4.79. The van der Waals surface area contributed by atoms with E-state index in [9.17, 15) is 0 Å². The molecule has 3 aromatic heterocycles. The van der Waals surface area contributed by atoms with Crippen LogP contribution >= 0.6 is 11.3 Å². The van der Waals surface area contributed by atoms with E-state index in [1.165, 1.54) is 20.2 Å². The van der Waals surface area contributed by atoms with Crippen molar-refractivity contribution in [3.05, 3.63) is 194 Å². The molecule has 268 valence electrons. The predicted octanol–water partition coefficient (Wildman–Crippen LogP) is 15.9. The Balaban J connectivity index is 1.24. The lowest BCUT2D eigenvalue weighted by atomic mass is 10.0. The quantitative estimate of drug-likeness (QED) is 0.170. The van der Waals surface area contributed by atoms with Crippen LogP contribution in [0.3, 0.4) is 0 Å². The molecule has 0 fully saturated rings. The minimum Gasteiger partial charge on any atom is -0.456 e. The van der Waals surface area contributed by atoms with Gasteiger partial charge in [-0.3, -0.25) is 0 Å². The van der Waals surface area contributed by atoms with Crippen LogP contribution in [0.25, 0.3) is 74.8 Å². The number of fused-ring (bicyclic) bond motifs is 11. The summed E-state index contributed by atoms with van der Waals surface area (Å²) in [7, 11) is 0. The lowest BCUT2D eigenvalue weighted by Crippen LogP contribution is -2.14. The maximum Gasteiger partial charge on any atom is 0.143 e. The Kier molecular flexibility index (Phi) is 7.06. The zero-order chi connectivity index (χ0) is 37.5. The Morgan fingerprint density at radius 1 is 0.333 bits per heavy atom. The number of hydrogen-bond acceptors (Lipinski definition) is 5. The van der Waals surface area contributed by atoms with Crippen LogP contribution in [0.5, 0.6) is 0 Å². The van der Waals surface area contributed by atoms with Crippen molar-refractivity contribution in [2.45, 2.75) is 0 Å². The summed E-state index contributed by atoms with van der Waals surface area (Å²) in [6.07, 6.45) is 0. The van der Waals surface area contributed by atoms with Gasteiger partial charge in [0, 0.05) is 53.8 Å². The second-order valence-electron chi connectivity index (χ2n) is 14.4. The van der Waals surface area contributed by atoms with Crippen LogP contribution in [0.2, 0.25) is 0 Å². The molecule has 0 radical (unpaired) electrons. The van der Waals surface area contributed by atoms with Gasteiger partial charge in [-0.25, -0.2) is 0 Å². The minimum absolute atomic E-state index is 0.808. The zero-order valence-corrected chi connectivity index (χ0v) is 31.4. The van der Waals surface area contributed by atoms with Crippen LogP contribution in [0.1, 0.15) is 0 Å². The molecule has 0 bridgehead atoms. The van der Waals surface area contributed by atoms with Gasteiger partial charge >= 0.3 is 0 Å². The molecule has 5 heteroatoms. The summed E-state index contributed by atoms with van der Waals surface area (Å²) < 4.78 is 16.1. The molecule has 0 unspecified atom stereocenters. The Hall–Kier alpha value is -7.34. The number of nitrogens with zero attached hydrogens (tertiary/aromatic N) is 2. The highest BCUT2D eigenvalue weighted by molar-refractivity contribution is 7.26. The van der Waals surface area contributed by atoms with Gasteiger partial charge in [-0.1, -0.05) is 115 Å². The highest BCUT2D eigenvalue weighted by atomic mass is 32.1. The van der Waals surface area contributed by atoms with E-state index in [1.807, 2.05) is 23.5 Å². The molecule has 0 saturated carbocycles. The lowest BCUT2D eigenvalue weighted by molar-refractivity contribution is 0.669. The highest BCUT2D eigenvalue weighted by Crippen LogP contribution is 2.51. The smallest absolute Gasteiger partial charge is 0.143 e. The monoisotopic (exact) mass is 748 g/mol. The van der Waals surface area contributed by atoms with E-state index in [2.05, 4.69) is 192 Å².